The van der Waals surface area contributed by atoms with E-state index in [2.05, 4.69) is 5.16 Å². The molecule has 0 bridgehead atoms. The van der Waals surface area contributed by atoms with Crippen molar-refractivity contribution in [3.8, 4) is 5.75 Å². The SMILES string of the molecule is Cc1ccc(C(COc2ccc3c(C)c(Cc4ccccc4)c(=O)oc3c2C)=NO)cc1. The van der Waals surface area contributed by atoms with E-state index in [0.29, 0.717) is 29.0 Å². The van der Waals surface area contributed by atoms with Gasteiger partial charge in [-0.3, -0.25) is 0 Å². The Hall–Kier alpha value is -3.86. The second-order valence-corrected chi connectivity index (χ2v) is 7.92. The van der Waals surface area contributed by atoms with Gasteiger partial charge in [-0.1, -0.05) is 65.3 Å². The highest BCUT2D eigenvalue weighted by Crippen LogP contribution is 2.30. The second kappa shape index (κ2) is 9.10. The number of ether oxygens (including phenoxy) is 1. The van der Waals surface area contributed by atoms with Crippen LogP contribution in [0.3, 0.4) is 0 Å². The average Bonchev–Trinajstić information content (AvgIpc) is 2.80. The van der Waals surface area contributed by atoms with E-state index in [0.717, 1.165) is 33.2 Å². The van der Waals surface area contributed by atoms with Crippen molar-refractivity contribution in [2.45, 2.75) is 27.2 Å². The van der Waals surface area contributed by atoms with Crippen molar-refractivity contribution in [2.24, 2.45) is 5.16 Å². The Kier molecular flexibility index (Phi) is 6.08. The van der Waals surface area contributed by atoms with Gasteiger partial charge < -0.3 is 14.4 Å². The van der Waals surface area contributed by atoms with Crippen molar-refractivity contribution < 1.29 is 14.4 Å². The number of oxime groups is 1. The normalized spacial score (nSPS) is 11.7. The van der Waals surface area contributed by atoms with E-state index in [1.54, 1.807) is 0 Å². The Morgan fingerprint density at radius 3 is 2.34 bits per heavy atom. The topological polar surface area (TPSA) is 72.0 Å². The molecule has 32 heavy (non-hydrogen) atoms. The molecule has 0 spiro atoms. The van der Waals surface area contributed by atoms with Gasteiger partial charge in [-0.2, -0.15) is 0 Å². The Morgan fingerprint density at radius 2 is 1.66 bits per heavy atom. The molecule has 5 nitrogen and oxygen atoms in total. The van der Waals surface area contributed by atoms with E-state index in [9.17, 15) is 10.0 Å². The third kappa shape index (κ3) is 4.28. The molecule has 0 aliphatic heterocycles. The number of nitrogens with zero attached hydrogens (tertiary/aromatic N) is 1. The van der Waals surface area contributed by atoms with Crippen molar-refractivity contribution in [1.29, 1.82) is 0 Å². The van der Waals surface area contributed by atoms with Crippen LogP contribution in [0.2, 0.25) is 0 Å². The standard InChI is InChI=1S/C27H25NO4/c1-17-9-11-21(12-10-17)24(28-30)16-31-25-14-13-22-18(2)23(15-20-7-5-4-6-8-20)27(29)32-26(22)19(25)3/h4-14,30H,15-16H2,1-3H3. The largest absolute Gasteiger partial charge is 0.487 e. The number of hydrogen-bond acceptors (Lipinski definition) is 5. The first-order chi connectivity index (χ1) is 15.5. The van der Waals surface area contributed by atoms with Crippen LogP contribution in [0, 0.1) is 20.8 Å². The summed E-state index contributed by atoms with van der Waals surface area (Å²) >= 11 is 0. The summed E-state index contributed by atoms with van der Waals surface area (Å²) in [5, 5.41) is 13.7. The summed E-state index contributed by atoms with van der Waals surface area (Å²) in [5.41, 5.74) is 5.86. The number of rotatable bonds is 6. The zero-order valence-corrected chi connectivity index (χ0v) is 18.4. The summed E-state index contributed by atoms with van der Waals surface area (Å²) in [7, 11) is 0. The molecule has 0 unspecified atom stereocenters. The number of hydrogen-bond donors (Lipinski definition) is 1. The molecule has 0 aliphatic carbocycles. The first-order valence-electron chi connectivity index (χ1n) is 10.5. The van der Waals surface area contributed by atoms with Gasteiger partial charge in [-0.15, -0.1) is 0 Å². The Bertz CT molecular complexity index is 1340. The fourth-order valence-electron chi connectivity index (χ4n) is 3.79. The van der Waals surface area contributed by atoms with Gasteiger partial charge in [-0.25, -0.2) is 4.79 Å². The van der Waals surface area contributed by atoms with E-state index in [-0.39, 0.29) is 12.2 Å². The molecular formula is C27H25NO4. The van der Waals surface area contributed by atoms with Gasteiger partial charge in [0, 0.05) is 28.5 Å². The molecule has 0 saturated carbocycles. The summed E-state index contributed by atoms with van der Waals surface area (Å²) in [6.07, 6.45) is 0.523. The van der Waals surface area contributed by atoms with E-state index in [1.165, 1.54) is 0 Å². The second-order valence-electron chi connectivity index (χ2n) is 7.92. The average molecular weight is 428 g/mol. The zero-order valence-electron chi connectivity index (χ0n) is 18.4. The lowest BCUT2D eigenvalue weighted by Crippen LogP contribution is -2.14. The molecular weight excluding hydrogens is 402 g/mol. The van der Waals surface area contributed by atoms with Crippen LogP contribution in [0.25, 0.3) is 11.0 Å². The number of aryl methyl sites for hydroxylation is 3. The molecule has 0 saturated heterocycles. The van der Waals surface area contributed by atoms with Gasteiger partial charge in [0.2, 0.25) is 0 Å². The van der Waals surface area contributed by atoms with Gasteiger partial charge in [-0.05, 0) is 44.0 Å². The summed E-state index contributed by atoms with van der Waals surface area (Å²) in [5.74, 6) is 0.573. The molecule has 0 fully saturated rings. The zero-order chi connectivity index (χ0) is 22.7. The monoisotopic (exact) mass is 427 g/mol. The van der Waals surface area contributed by atoms with Gasteiger partial charge in [0.05, 0.1) is 0 Å². The van der Waals surface area contributed by atoms with Gasteiger partial charge in [0.15, 0.2) is 0 Å². The van der Waals surface area contributed by atoms with Crippen LogP contribution in [0.4, 0.5) is 0 Å². The minimum Gasteiger partial charge on any atom is -0.487 e. The van der Waals surface area contributed by atoms with Crippen LogP contribution in [-0.4, -0.2) is 17.5 Å². The lowest BCUT2D eigenvalue weighted by Gasteiger charge is -2.14. The summed E-state index contributed by atoms with van der Waals surface area (Å²) in [6, 6.07) is 21.3. The Labute approximate surface area is 186 Å². The minimum atomic E-state index is -0.337. The van der Waals surface area contributed by atoms with Crippen molar-refractivity contribution in [3.63, 3.8) is 0 Å². The predicted molar refractivity (Wildman–Crippen MR) is 126 cm³/mol. The van der Waals surface area contributed by atoms with E-state index < -0.39 is 0 Å². The first kappa shape index (κ1) is 21.4. The van der Waals surface area contributed by atoms with Crippen molar-refractivity contribution in [1.82, 2.24) is 0 Å². The lowest BCUT2D eigenvalue weighted by atomic mass is 9.98. The summed E-state index contributed by atoms with van der Waals surface area (Å²) in [6.45, 7) is 5.89. The molecule has 5 heteroatoms. The minimum absolute atomic E-state index is 0.0845. The van der Waals surface area contributed by atoms with Crippen LogP contribution in [-0.2, 0) is 6.42 Å². The summed E-state index contributed by atoms with van der Waals surface area (Å²) in [4.78, 5) is 12.8. The van der Waals surface area contributed by atoms with Crippen LogP contribution in [0.5, 0.6) is 5.75 Å². The van der Waals surface area contributed by atoms with Crippen LogP contribution < -0.4 is 10.4 Å². The molecule has 162 valence electrons. The van der Waals surface area contributed by atoms with Gasteiger partial charge >= 0.3 is 5.63 Å². The fourth-order valence-corrected chi connectivity index (χ4v) is 3.79. The maximum atomic E-state index is 12.8. The molecule has 1 aromatic heterocycles. The maximum absolute atomic E-state index is 12.8. The van der Waals surface area contributed by atoms with Gasteiger partial charge in [0.25, 0.3) is 0 Å². The van der Waals surface area contributed by atoms with Crippen LogP contribution in [0.15, 0.2) is 81.1 Å². The molecule has 0 aliphatic rings. The molecule has 4 rings (SSSR count). The van der Waals surface area contributed by atoms with Crippen LogP contribution >= 0.6 is 0 Å². The Morgan fingerprint density at radius 1 is 0.938 bits per heavy atom. The first-order valence-corrected chi connectivity index (χ1v) is 10.5. The van der Waals surface area contributed by atoms with Crippen LogP contribution in [0.1, 0.15) is 33.4 Å². The highest BCUT2D eigenvalue weighted by Gasteiger charge is 2.16. The third-order valence-corrected chi connectivity index (χ3v) is 5.75. The highest BCUT2D eigenvalue weighted by molar-refractivity contribution is 6.01. The molecule has 0 radical (unpaired) electrons. The van der Waals surface area contributed by atoms with E-state index in [1.807, 2.05) is 87.5 Å². The van der Waals surface area contributed by atoms with Crippen molar-refractivity contribution >= 4 is 16.7 Å². The van der Waals surface area contributed by atoms with Gasteiger partial charge in [0.1, 0.15) is 23.7 Å². The molecule has 0 amide bonds. The van der Waals surface area contributed by atoms with Crippen molar-refractivity contribution in [3.05, 3.63) is 111 Å². The highest BCUT2D eigenvalue weighted by atomic mass is 16.5. The quantitative estimate of drug-likeness (QED) is 0.189. The smallest absolute Gasteiger partial charge is 0.340 e. The van der Waals surface area contributed by atoms with E-state index >= 15 is 0 Å². The molecule has 1 N–H and O–H groups in total. The number of fused-ring (bicyclic) bond motifs is 1. The third-order valence-electron chi connectivity index (χ3n) is 5.75. The Balaban J connectivity index is 1.63. The number of benzene rings is 3. The lowest BCUT2D eigenvalue weighted by molar-refractivity contribution is 0.308. The predicted octanol–water partition coefficient (Wildman–Crippen LogP) is 5.57. The maximum Gasteiger partial charge on any atom is 0.340 e. The van der Waals surface area contributed by atoms with E-state index in [4.69, 9.17) is 9.15 Å². The van der Waals surface area contributed by atoms with Crippen molar-refractivity contribution in [2.75, 3.05) is 6.61 Å². The fraction of sp³-hybridized carbons (Fsp3) is 0.185. The molecule has 1 heterocycles. The molecule has 4 aromatic rings. The molecule has 3 aromatic carbocycles. The molecule has 0 atom stereocenters. The summed E-state index contributed by atoms with van der Waals surface area (Å²) < 4.78 is 11.7.